The summed E-state index contributed by atoms with van der Waals surface area (Å²) in [6, 6.07) is 67.5. The molecule has 0 N–H and O–H groups in total. The number of hydrogen-bond acceptors (Lipinski definition) is 1. The van der Waals surface area contributed by atoms with Crippen molar-refractivity contribution in [2.75, 3.05) is 0 Å². The van der Waals surface area contributed by atoms with Crippen LogP contribution in [0.25, 0.3) is 69.9 Å². The van der Waals surface area contributed by atoms with E-state index in [0.717, 1.165) is 0 Å². The van der Waals surface area contributed by atoms with Crippen molar-refractivity contribution in [2.45, 2.75) is 5.92 Å². The highest BCUT2D eigenvalue weighted by atomic mass is 32.1. The molecule has 2 aliphatic carbocycles. The van der Waals surface area contributed by atoms with E-state index in [4.69, 9.17) is 0 Å². The average Bonchev–Trinajstić information content (AvgIpc) is 3.64. The first-order valence-corrected chi connectivity index (χ1v) is 20.0. The lowest BCUT2D eigenvalue weighted by molar-refractivity contribution is 0.649. The lowest BCUT2D eigenvalue weighted by Gasteiger charge is -2.37. The average molecular weight is 717 g/mol. The number of rotatable bonds is 5. The van der Waals surface area contributed by atoms with E-state index in [0.29, 0.717) is 0 Å². The summed E-state index contributed by atoms with van der Waals surface area (Å²) in [5.74, 6) is 0.389. The molecule has 9 aromatic rings. The quantitative estimate of drug-likeness (QED) is 0.166. The Morgan fingerprint density at radius 3 is 2.05 bits per heavy atom. The lowest BCUT2D eigenvalue weighted by Crippen LogP contribution is -2.22. The minimum Gasteiger partial charge on any atom is -0.135 e. The molecule has 2 atom stereocenters. The number of thiophene rings is 1. The molecule has 258 valence electrons. The number of fused-ring (bicyclic) bond motifs is 6. The van der Waals surface area contributed by atoms with Gasteiger partial charge in [-0.1, -0.05) is 194 Å². The van der Waals surface area contributed by atoms with Gasteiger partial charge in [-0.2, -0.15) is 0 Å². The standard InChI is InChI=1S/C54H36S/c1-2-16-36(17-3-1)51-41-22-5-4-15-35(41)31-32-42(51)37-18-12-20-39(33-37)52-45-24-6-8-26-47(45)53(48-27-9-7-25-46(48)52)40-21-13-19-38(34-40)43-28-14-29-49-44-23-10-11-30-50(44)55-54(43)49/h1-34,47,53H. The van der Waals surface area contributed by atoms with E-state index in [-0.39, 0.29) is 11.8 Å². The monoisotopic (exact) mass is 716 g/mol. The summed E-state index contributed by atoms with van der Waals surface area (Å²) in [4.78, 5) is 0. The van der Waals surface area contributed by atoms with Crippen LogP contribution in [0.5, 0.6) is 0 Å². The first kappa shape index (κ1) is 31.9. The van der Waals surface area contributed by atoms with Gasteiger partial charge in [-0.3, -0.25) is 0 Å². The van der Waals surface area contributed by atoms with Gasteiger partial charge in [0.2, 0.25) is 0 Å². The lowest BCUT2D eigenvalue weighted by atomic mass is 9.66. The van der Waals surface area contributed by atoms with Crippen molar-refractivity contribution >= 4 is 47.9 Å². The van der Waals surface area contributed by atoms with Crippen molar-refractivity contribution in [3.8, 4) is 33.4 Å². The van der Waals surface area contributed by atoms with Crippen LogP contribution in [0.15, 0.2) is 212 Å². The van der Waals surface area contributed by atoms with Crippen LogP contribution < -0.4 is 0 Å². The van der Waals surface area contributed by atoms with Crippen LogP contribution in [0.2, 0.25) is 0 Å². The molecule has 0 saturated carbocycles. The third kappa shape index (κ3) is 5.27. The Morgan fingerprint density at radius 1 is 0.436 bits per heavy atom. The fourth-order valence-corrected chi connectivity index (χ4v) is 10.5. The first-order chi connectivity index (χ1) is 27.3. The highest BCUT2D eigenvalue weighted by Crippen LogP contribution is 2.51. The molecule has 0 saturated heterocycles. The van der Waals surface area contributed by atoms with Crippen molar-refractivity contribution in [3.05, 3.63) is 234 Å². The second kappa shape index (κ2) is 13.1. The van der Waals surface area contributed by atoms with Gasteiger partial charge >= 0.3 is 0 Å². The Bertz CT molecular complexity index is 3040. The van der Waals surface area contributed by atoms with E-state index in [1.807, 2.05) is 11.3 Å². The molecule has 55 heavy (non-hydrogen) atoms. The van der Waals surface area contributed by atoms with Gasteiger partial charge < -0.3 is 0 Å². The predicted octanol–water partition coefficient (Wildman–Crippen LogP) is 14.9. The van der Waals surface area contributed by atoms with Crippen LogP contribution in [-0.4, -0.2) is 0 Å². The van der Waals surface area contributed by atoms with Crippen molar-refractivity contribution in [2.24, 2.45) is 5.92 Å². The molecule has 2 unspecified atom stereocenters. The summed E-state index contributed by atoms with van der Waals surface area (Å²) in [5, 5.41) is 5.20. The van der Waals surface area contributed by atoms with E-state index >= 15 is 0 Å². The van der Waals surface area contributed by atoms with Crippen molar-refractivity contribution in [3.63, 3.8) is 0 Å². The highest BCUT2D eigenvalue weighted by molar-refractivity contribution is 7.26. The minimum atomic E-state index is 0.186. The first-order valence-electron chi connectivity index (χ1n) is 19.2. The van der Waals surface area contributed by atoms with Gasteiger partial charge in [0, 0.05) is 32.0 Å². The van der Waals surface area contributed by atoms with Crippen LogP contribution in [-0.2, 0) is 0 Å². The van der Waals surface area contributed by atoms with Crippen LogP contribution in [0, 0.1) is 5.92 Å². The number of allylic oxidation sites excluding steroid dienone is 5. The fraction of sp³-hybridized carbons (Fsp3) is 0.0370. The molecule has 0 fully saturated rings. The van der Waals surface area contributed by atoms with E-state index in [9.17, 15) is 0 Å². The molecule has 1 heteroatoms. The second-order valence-corrected chi connectivity index (χ2v) is 15.8. The summed E-state index contributed by atoms with van der Waals surface area (Å²) in [5.41, 5.74) is 15.6. The Morgan fingerprint density at radius 2 is 1.13 bits per heavy atom. The zero-order chi connectivity index (χ0) is 36.3. The number of benzene rings is 8. The van der Waals surface area contributed by atoms with Crippen molar-refractivity contribution < 1.29 is 0 Å². The van der Waals surface area contributed by atoms with Crippen LogP contribution in [0.3, 0.4) is 0 Å². The van der Waals surface area contributed by atoms with Gasteiger partial charge in [0.25, 0.3) is 0 Å². The third-order valence-corrected chi connectivity index (χ3v) is 12.9. The molecule has 8 aromatic carbocycles. The van der Waals surface area contributed by atoms with Gasteiger partial charge in [-0.25, -0.2) is 0 Å². The predicted molar refractivity (Wildman–Crippen MR) is 236 cm³/mol. The Labute approximate surface area is 325 Å². The second-order valence-electron chi connectivity index (χ2n) is 14.7. The SMILES string of the molecule is C1=CC2=C(c3cccc(-c4ccc5ccccc5c4-c4ccccc4)c3)c3ccccc3C(c3cccc(-c4cccc5c4sc4ccccc45)c3)C2C=C1. The highest BCUT2D eigenvalue weighted by Gasteiger charge is 2.35. The largest absolute Gasteiger partial charge is 0.135 e. The molecule has 1 aromatic heterocycles. The van der Waals surface area contributed by atoms with Crippen molar-refractivity contribution in [1.29, 1.82) is 0 Å². The van der Waals surface area contributed by atoms with Gasteiger partial charge in [0.15, 0.2) is 0 Å². The molecule has 0 radical (unpaired) electrons. The normalized spacial score (nSPS) is 16.1. The molecule has 0 spiro atoms. The molecule has 2 aliphatic rings. The zero-order valence-corrected chi connectivity index (χ0v) is 31.0. The third-order valence-electron chi connectivity index (χ3n) is 11.7. The molecule has 1 heterocycles. The van der Waals surface area contributed by atoms with Gasteiger partial charge in [0.05, 0.1) is 0 Å². The van der Waals surface area contributed by atoms with Crippen molar-refractivity contribution in [1.82, 2.24) is 0 Å². The zero-order valence-electron chi connectivity index (χ0n) is 30.2. The van der Waals surface area contributed by atoms with Gasteiger partial charge in [-0.05, 0) is 89.7 Å². The Balaban J connectivity index is 1.06. The molecule has 0 aliphatic heterocycles. The van der Waals surface area contributed by atoms with Gasteiger partial charge in [0.1, 0.15) is 0 Å². The molecule has 0 bridgehead atoms. The van der Waals surface area contributed by atoms with E-state index in [1.54, 1.807) is 0 Å². The van der Waals surface area contributed by atoms with Crippen LogP contribution in [0.1, 0.15) is 28.2 Å². The molecule has 0 amide bonds. The van der Waals surface area contributed by atoms with Crippen LogP contribution in [0.4, 0.5) is 0 Å². The molecular formula is C54H36S. The summed E-state index contributed by atoms with van der Waals surface area (Å²) in [6.07, 6.45) is 9.25. The van der Waals surface area contributed by atoms with E-state index in [1.165, 1.54) is 97.7 Å². The Hall–Kier alpha value is -6.54. The van der Waals surface area contributed by atoms with E-state index < -0.39 is 0 Å². The molecule has 11 rings (SSSR count). The summed E-state index contributed by atoms with van der Waals surface area (Å²) < 4.78 is 2.69. The number of hydrogen-bond donors (Lipinski definition) is 0. The maximum absolute atomic E-state index is 2.46. The Kier molecular flexibility index (Phi) is 7.60. The maximum Gasteiger partial charge on any atom is 0.0433 e. The summed E-state index contributed by atoms with van der Waals surface area (Å²) >= 11 is 1.90. The van der Waals surface area contributed by atoms with E-state index in [2.05, 4.69) is 206 Å². The van der Waals surface area contributed by atoms with Crippen LogP contribution >= 0.6 is 11.3 Å². The molecular weight excluding hydrogens is 681 g/mol. The maximum atomic E-state index is 2.46. The fourth-order valence-electron chi connectivity index (χ4n) is 9.30. The van der Waals surface area contributed by atoms with Gasteiger partial charge in [-0.15, -0.1) is 11.3 Å². The summed E-state index contributed by atoms with van der Waals surface area (Å²) in [6.45, 7) is 0. The minimum absolute atomic E-state index is 0.186. The smallest absolute Gasteiger partial charge is 0.0433 e. The summed E-state index contributed by atoms with van der Waals surface area (Å²) in [7, 11) is 0. The topological polar surface area (TPSA) is 0 Å². The molecule has 0 nitrogen and oxygen atoms in total.